The van der Waals surface area contributed by atoms with Crippen LogP contribution >= 0.6 is 0 Å². The Morgan fingerprint density at radius 3 is 2.90 bits per heavy atom. The summed E-state index contributed by atoms with van der Waals surface area (Å²) in [5, 5.41) is 4.10. The zero-order valence-corrected chi connectivity index (χ0v) is 10.5. The van der Waals surface area contributed by atoms with Crippen molar-refractivity contribution in [2.45, 2.75) is 13.1 Å². The molecule has 7 heteroatoms. The van der Waals surface area contributed by atoms with Crippen molar-refractivity contribution in [1.82, 2.24) is 19.2 Å². The molecule has 0 amide bonds. The van der Waals surface area contributed by atoms with E-state index in [1.807, 2.05) is 0 Å². The second kappa shape index (κ2) is 4.86. The number of nitrogens with two attached hydrogens (primary N) is 1. The molecular formula is C13H12FN5O. The van der Waals surface area contributed by atoms with Crippen LogP contribution in [-0.4, -0.2) is 19.2 Å². The lowest BCUT2D eigenvalue weighted by Crippen LogP contribution is -2.22. The molecule has 0 saturated heterocycles. The van der Waals surface area contributed by atoms with E-state index in [9.17, 15) is 9.18 Å². The number of aromatic nitrogens is 4. The summed E-state index contributed by atoms with van der Waals surface area (Å²) in [6.45, 7) is 0.342. The van der Waals surface area contributed by atoms with E-state index in [2.05, 4.69) is 10.1 Å². The monoisotopic (exact) mass is 273 g/mol. The molecule has 0 radical (unpaired) electrons. The van der Waals surface area contributed by atoms with Crippen molar-refractivity contribution in [3.8, 4) is 0 Å². The maximum absolute atomic E-state index is 13.9. The fraction of sp³-hybridized carbons (Fsp3) is 0.154. The molecule has 0 aliphatic rings. The van der Waals surface area contributed by atoms with Gasteiger partial charge in [0.1, 0.15) is 5.82 Å². The number of halogens is 1. The van der Waals surface area contributed by atoms with Gasteiger partial charge in [-0.05, 0) is 11.6 Å². The Hall–Kier alpha value is -2.54. The summed E-state index contributed by atoms with van der Waals surface area (Å²) in [4.78, 5) is 16.0. The minimum atomic E-state index is -0.393. The van der Waals surface area contributed by atoms with Crippen molar-refractivity contribution in [1.29, 1.82) is 0 Å². The Morgan fingerprint density at radius 2 is 2.20 bits per heavy atom. The normalized spacial score (nSPS) is 11.1. The molecule has 0 bridgehead atoms. The lowest BCUT2D eigenvalue weighted by atomic mass is 10.1. The summed E-state index contributed by atoms with van der Waals surface area (Å²) in [6.07, 6.45) is 4.50. The highest BCUT2D eigenvalue weighted by Crippen LogP contribution is 2.11. The molecule has 2 heterocycles. The van der Waals surface area contributed by atoms with Crippen LogP contribution in [-0.2, 0) is 13.1 Å². The molecule has 20 heavy (non-hydrogen) atoms. The smallest absolute Gasteiger partial charge is 0.326 e. The van der Waals surface area contributed by atoms with Crippen molar-refractivity contribution in [2.75, 3.05) is 0 Å². The number of fused-ring (bicyclic) bond motifs is 1. The quantitative estimate of drug-likeness (QED) is 0.755. The maximum Gasteiger partial charge on any atom is 0.350 e. The minimum absolute atomic E-state index is 0.0667. The van der Waals surface area contributed by atoms with E-state index in [0.717, 1.165) is 0 Å². The summed E-state index contributed by atoms with van der Waals surface area (Å²) >= 11 is 0. The number of nitrogens with zero attached hydrogens (tertiary/aromatic N) is 4. The van der Waals surface area contributed by atoms with E-state index < -0.39 is 5.82 Å². The molecule has 0 unspecified atom stereocenters. The average Bonchev–Trinajstić information content (AvgIpc) is 2.78. The second-order valence-electron chi connectivity index (χ2n) is 4.37. The van der Waals surface area contributed by atoms with Crippen LogP contribution in [0, 0.1) is 5.82 Å². The summed E-state index contributed by atoms with van der Waals surface area (Å²) in [6, 6.07) is 4.73. The molecule has 0 spiro atoms. The Kier molecular flexibility index (Phi) is 3.03. The van der Waals surface area contributed by atoms with E-state index in [4.69, 9.17) is 5.73 Å². The molecule has 0 aliphatic carbocycles. The van der Waals surface area contributed by atoms with Crippen LogP contribution in [0.25, 0.3) is 5.65 Å². The molecule has 0 aliphatic heterocycles. The molecule has 1 aromatic carbocycles. The van der Waals surface area contributed by atoms with E-state index in [1.54, 1.807) is 12.1 Å². The van der Waals surface area contributed by atoms with Gasteiger partial charge in [0.15, 0.2) is 5.65 Å². The number of hydrogen-bond donors (Lipinski definition) is 1. The largest absolute Gasteiger partial charge is 0.350 e. The molecular weight excluding hydrogens is 261 g/mol. The van der Waals surface area contributed by atoms with E-state index in [-0.39, 0.29) is 18.8 Å². The zero-order valence-electron chi connectivity index (χ0n) is 10.5. The molecule has 0 atom stereocenters. The minimum Gasteiger partial charge on any atom is -0.326 e. The topological polar surface area (TPSA) is 78.2 Å². The SMILES string of the molecule is NCc1ccc(Cn2nc3cnccn3c2=O)c(F)c1. The summed E-state index contributed by atoms with van der Waals surface area (Å²) in [7, 11) is 0. The first-order valence-electron chi connectivity index (χ1n) is 6.05. The molecule has 6 nitrogen and oxygen atoms in total. The van der Waals surface area contributed by atoms with Crippen LogP contribution in [0.3, 0.4) is 0 Å². The van der Waals surface area contributed by atoms with Crippen LogP contribution in [0.4, 0.5) is 4.39 Å². The van der Waals surface area contributed by atoms with Crippen molar-refractivity contribution in [3.63, 3.8) is 0 Å². The van der Waals surface area contributed by atoms with E-state index >= 15 is 0 Å². The van der Waals surface area contributed by atoms with Crippen LogP contribution in [0.2, 0.25) is 0 Å². The van der Waals surface area contributed by atoms with Gasteiger partial charge in [0.2, 0.25) is 0 Å². The van der Waals surface area contributed by atoms with Gasteiger partial charge in [-0.2, -0.15) is 0 Å². The molecule has 102 valence electrons. The second-order valence-corrected chi connectivity index (χ2v) is 4.37. The summed E-state index contributed by atoms with van der Waals surface area (Å²) < 4.78 is 16.5. The zero-order chi connectivity index (χ0) is 14.1. The van der Waals surface area contributed by atoms with Gasteiger partial charge < -0.3 is 5.73 Å². The Bertz CT molecular complexity index is 823. The lowest BCUT2D eigenvalue weighted by molar-refractivity contribution is 0.576. The van der Waals surface area contributed by atoms with Crippen LogP contribution in [0.15, 0.2) is 41.6 Å². The first-order chi connectivity index (χ1) is 9.69. The van der Waals surface area contributed by atoms with Gasteiger partial charge in [0.25, 0.3) is 0 Å². The third kappa shape index (κ3) is 2.08. The first-order valence-corrected chi connectivity index (χ1v) is 6.05. The molecule has 0 saturated carbocycles. The highest BCUT2D eigenvalue weighted by molar-refractivity contribution is 5.32. The van der Waals surface area contributed by atoms with Gasteiger partial charge in [0, 0.05) is 24.5 Å². The number of benzene rings is 1. The molecule has 2 N–H and O–H groups in total. The van der Waals surface area contributed by atoms with Crippen molar-refractivity contribution >= 4 is 5.65 Å². The van der Waals surface area contributed by atoms with Gasteiger partial charge >= 0.3 is 5.69 Å². The predicted octanol–water partition coefficient (Wildman–Crippen LogP) is 0.537. The van der Waals surface area contributed by atoms with Crippen molar-refractivity contribution < 1.29 is 4.39 Å². The summed E-state index contributed by atoms with van der Waals surface area (Å²) in [5.41, 5.74) is 6.65. The third-order valence-electron chi connectivity index (χ3n) is 3.06. The fourth-order valence-corrected chi connectivity index (χ4v) is 1.99. The molecule has 3 rings (SSSR count). The molecule has 2 aromatic heterocycles. The van der Waals surface area contributed by atoms with Crippen molar-refractivity contribution in [3.05, 3.63) is 64.2 Å². The van der Waals surface area contributed by atoms with Gasteiger partial charge in [-0.1, -0.05) is 12.1 Å². The van der Waals surface area contributed by atoms with Gasteiger partial charge in [-0.25, -0.2) is 18.3 Å². The molecule has 0 fully saturated rings. The number of hydrogen-bond acceptors (Lipinski definition) is 4. The lowest BCUT2D eigenvalue weighted by Gasteiger charge is -2.04. The van der Waals surface area contributed by atoms with E-state index in [0.29, 0.717) is 16.8 Å². The summed E-state index contributed by atoms with van der Waals surface area (Å²) in [5.74, 6) is -0.393. The maximum atomic E-state index is 13.9. The van der Waals surface area contributed by atoms with Gasteiger partial charge in [-0.3, -0.25) is 4.98 Å². The fourth-order valence-electron chi connectivity index (χ4n) is 1.99. The highest BCUT2D eigenvalue weighted by Gasteiger charge is 2.10. The first kappa shape index (κ1) is 12.5. The highest BCUT2D eigenvalue weighted by atomic mass is 19.1. The van der Waals surface area contributed by atoms with E-state index in [1.165, 1.54) is 33.7 Å². The number of rotatable bonds is 3. The van der Waals surface area contributed by atoms with Crippen LogP contribution < -0.4 is 11.4 Å². The van der Waals surface area contributed by atoms with Gasteiger partial charge in [-0.15, -0.1) is 5.10 Å². The predicted molar refractivity (Wildman–Crippen MR) is 70.6 cm³/mol. The Morgan fingerprint density at radius 1 is 1.35 bits per heavy atom. The Balaban J connectivity index is 2.01. The van der Waals surface area contributed by atoms with Crippen LogP contribution in [0.1, 0.15) is 11.1 Å². The third-order valence-corrected chi connectivity index (χ3v) is 3.06. The van der Waals surface area contributed by atoms with Crippen LogP contribution in [0.5, 0.6) is 0 Å². The average molecular weight is 273 g/mol. The molecule has 3 aromatic rings. The van der Waals surface area contributed by atoms with Gasteiger partial charge in [0.05, 0.1) is 12.7 Å². The standard InChI is InChI=1S/C13H12FN5O/c14-11-5-9(6-15)1-2-10(11)8-19-13(20)18-4-3-16-7-12(18)17-19/h1-5,7H,6,8,15H2. The Labute approximate surface area is 113 Å². The van der Waals surface area contributed by atoms with Crippen molar-refractivity contribution in [2.24, 2.45) is 5.73 Å².